The third-order valence-corrected chi connectivity index (χ3v) is 4.24. The number of guanidine groups is 1. The van der Waals surface area contributed by atoms with Crippen LogP contribution >= 0.6 is 0 Å². The van der Waals surface area contributed by atoms with Gasteiger partial charge in [-0.05, 0) is 49.6 Å². The summed E-state index contributed by atoms with van der Waals surface area (Å²) in [5, 5.41) is 3.05. The molecular formula is C20H22N4O2. The van der Waals surface area contributed by atoms with E-state index in [1.165, 1.54) is 4.90 Å². The third kappa shape index (κ3) is 3.91. The fourth-order valence-electron chi connectivity index (χ4n) is 2.93. The summed E-state index contributed by atoms with van der Waals surface area (Å²) < 4.78 is 0. The second-order valence-electron chi connectivity index (χ2n) is 6.28. The minimum absolute atomic E-state index is 0.213. The van der Waals surface area contributed by atoms with Gasteiger partial charge in [0.05, 0.1) is 11.1 Å². The van der Waals surface area contributed by atoms with E-state index in [0.717, 1.165) is 17.7 Å². The standard InChI is InChI=1S/C20H22N4O2/c1-14-7-6-8-15(13-14)23-20(21)22-11-4-5-12-24-18(25)16-9-2-3-10-17(16)19(24)26/h2-3,6-10,13H,4-5,11-12H2,1H3,(H3,21,22,23). The molecule has 2 amide bonds. The maximum Gasteiger partial charge on any atom is 0.261 e. The molecule has 0 spiro atoms. The number of rotatable bonds is 6. The molecule has 0 saturated carbocycles. The van der Waals surface area contributed by atoms with Gasteiger partial charge in [-0.1, -0.05) is 24.3 Å². The van der Waals surface area contributed by atoms with Gasteiger partial charge in [-0.15, -0.1) is 0 Å². The Kier molecular flexibility index (Phi) is 5.31. The average Bonchev–Trinajstić information content (AvgIpc) is 2.86. The predicted octanol–water partition coefficient (Wildman–Crippen LogP) is 2.80. The minimum Gasteiger partial charge on any atom is -0.370 e. The van der Waals surface area contributed by atoms with E-state index in [2.05, 4.69) is 10.3 Å². The summed E-state index contributed by atoms with van der Waals surface area (Å²) in [6.45, 7) is 2.94. The molecule has 1 aliphatic rings. The highest BCUT2D eigenvalue weighted by Crippen LogP contribution is 2.22. The molecule has 1 aliphatic heterocycles. The molecule has 3 rings (SSSR count). The molecule has 6 heteroatoms. The van der Waals surface area contributed by atoms with Gasteiger partial charge < -0.3 is 11.1 Å². The number of aryl methyl sites for hydroxylation is 1. The van der Waals surface area contributed by atoms with Crippen LogP contribution in [0.2, 0.25) is 0 Å². The quantitative estimate of drug-likeness (QED) is 0.363. The monoisotopic (exact) mass is 350 g/mol. The van der Waals surface area contributed by atoms with E-state index < -0.39 is 0 Å². The van der Waals surface area contributed by atoms with Gasteiger partial charge in [0.15, 0.2) is 5.96 Å². The Bertz CT molecular complexity index is 825. The number of fused-ring (bicyclic) bond motifs is 1. The van der Waals surface area contributed by atoms with Crippen molar-refractivity contribution >= 4 is 23.5 Å². The number of nitrogens with two attached hydrogens (primary N) is 1. The Morgan fingerprint density at radius 3 is 2.38 bits per heavy atom. The molecule has 0 aliphatic carbocycles. The maximum absolute atomic E-state index is 12.3. The van der Waals surface area contributed by atoms with Crippen molar-refractivity contribution in [1.29, 1.82) is 0 Å². The van der Waals surface area contributed by atoms with Crippen molar-refractivity contribution in [3.05, 3.63) is 65.2 Å². The number of hydrogen-bond donors (Lipinski definition) is 2. The zero-order valence-electron chi connectivity index (χ0n) is 14.7. The molecule has 0 unspecified atom stereocenters. The number of aliphatic imine (C=N–C) groups is 1. The van der Waals surface area contributed by atoms with Gasteiger partial charge in [-0.2, -0.15) is 0 Å². The van der Waals surface area contributed by atoms with Crippen molar-refractivity contribution in [2.75, 3.05) is 18.4 Å². The van der Waals surface area contributed by atoms with E-state index in [-0.39, 0.29) is 11.8 Å². The van der Waals surface area contributed by atoms with Gasteiger partial charge in [0.1, 0.15) is 0 Å². The fourth-order valence-corrected chi connectivity index (χ4v) is 2.93. The van der Waals surface area contributed by atoms with Crippen LogP contribution in [-0.2, 0) is 0 Å². The van der Waals surface area contributed by atoms with Crippen LogP contribution in [0.3, 0.4) is 0 Å². The lowest BCUT2D eigenvalue weighted by Crippen LogP contribution is -2.30. The summed E-state index contributed by atoms with van der Waals surface area (Å²) in [4.78, 5) is 30.1. The van der Waals surface area contributed by atoms with Crippen LogP contribution in [-0.4, -0.2) is 35.8 Å². The van der Waals surface area contributed by atoms with Gasteiger partial charge in [-0.3, -0.25) is 19.5 Å². The average molecular weight is 350 g/mol. The SMILES string of the molecule is Cc1cccc(NC(N)=NCCCCN2C(=O)c3ccccc3C2=O)c1. The molecule has 0 atom stereocenters. The summed E-state index contributed by atoms with van der Waals surface area (Å²) >= 11 is 0. The number of unbranched alkanes of at least 4 members (excludes halogenated alkanes) is 1. The van der Waals surface area contributed by atoms with Crippen LogP contribution in [0.25, 0.3) is 0 Å². The van der Waals surface area contributed by atoms with Crippen LogP contribution in [0.15, 0.2) is 53.5 Å². The van der Waals surface area contributed by atoms with Gasteiger partial charge in [-0.25, -0.2) is 0 Å². The van der Waals surface area contributed by atoms with Crippen LogP contribution in [0.4, 0.5) is 5.69 Å². The van der Waals surface area contributed by atoms with E-state index in [4.69, 9.17) is 5.73 Å². The van der Waals surface area contributed by atoms with Crippen LogP contribution in [0.1, 0.15) is 39.1 Å². The van der Waals surface area contributed by atoms with E-state index in [0.29, 0.717) is 36.6 Å². The second kappa shape index (κ2) is 7.82. The fraction of sp³-hybridized carbons (Fsp3) is 0.250. The summed E-state index contributed by atoms with van der Waals surface area (Å²) in [5.74, 6) is -0.0687. The highest BCUT2D eigenvalue weighted by molar-refractivity contribution is 6.21. The normalized spacial score (nSPS) is 13.9. The minimum atomic E-state index is -0.213. The first kappa shape index (κ1) is 17.7. The highest BCUT2D eigenvalue weighted by atomic mass is 16.2. The molecular weight excluding hydrogens is 328 g/mol. The number of nitrogens with one attached hydrogen (secondary N) is 1. The lowest BCUT2D eigenvalue weighted by molar-refractivity contribution is 0.0652. The number of benzene rings is 2. The Labute approximate surface area is 152 Å². The zero-order chi connectivity index (χ0) is 18.5. The van der Waals surface area contributed by atoms with Crippen LogP contribution in [0.5, 0.6) is 0 Å². The van der Waals surface area contributed by atoms with Crippen molar-refractivity contribution < 1.29 is 9.59 Å². The van der Waals surface area contributed by atoms with E-state index in [1.54, 1.807) is 24.3 Å². The molecule has 2 aromatic carbocycles. The molecule has 2 aromatic rings. The van der Waals surface area contributed by atoms with E-state index in [9.17, 15) is 9.59 Å². The molecule has 0 radical (unpaired) electrons. The number of carbonyl (C=O) groups is 2. The highest BCUT2D eigenvalue weighted by Gasteiger charge is 2.34. The van der Waals surface area contributed by atoms with Crippen molar-refractivity contribution in [2.45, 2.75) is 19.8 Å². The lowest BCUT2D eigenvalue weighted by atomic mass is 10.1. The molecule has 3 N–H and O–H groups in total. The number of amides is 2. The van der Waals surface area contributed by atoms with Gasteiger partial charge in [0, 0.05) is 18.8 Å². The Morgan fingerprint density at radius 1 is 1.04 bits per heavy atom. The summed E-state index contributed by atoms with van der Waals surface area (Å²) in [6, 6.07) is 14.8. The zero-order valence-corrected chi connectivity index (χ0v) is 14.7. The molecule has 0 saturated heterocycles. The molecule has 1 heterocycles. The van der Waals surface area contributed by atoms with Crippen molar-refractivity contribution in [2.24, 2.45) is 10.7 Å². The third-order valence-electron chi connectivity index (χ3n) is 4.24. The molecule has 0 aromatic heterocycles. The number of imide groups is 1. The Balaban J connectivity index is 1.45. The molecule has 6 nitrogen and oxygen atoms in total. The summed E-state index contributed by atoms with van der Waals surface area (Å²) in [7, 11) is 0. The lowest BCUT2D eigenvalue weighted by Gasteiger charge is -2.13. The number of nitrogens with zero attached hydrogens (tertiary/aromatic N) is 2. The van der Waals surface area contributed by atoms with Crippen molar-refractivity contribution in [3.63, 3.8) is 0 Å². The molecule has 0 bridgehead atoms. The van der Waals surface area contributed by atoms with Gasteiger partial charge in [0.25, 0.3) is 11.8 Å². The first-order chi connectivity index (χ1) is 12.6. The predicted molar refractivity (Wildman–Crippen MR) is 102 cm³/mol. The summed E-state index contributed by atoms with van der Waals surface area (Å²) in [6.07, 6.45) is 1.43. The first-order valence-electron chi connectivity index (χ1n) is 8.65. The number of carbonyl (C=O) groups excluding carboxylic acids is 2. The molecule has 0 fully saturated rings. The Morgan fingerprint density at radius 2 is 1.73 bits per heavy atom. The first-order valence-corrected chi connectivity index (χ1v) is 8.65. The second-order valence-corrected chi connectivity index (χ2v) is 6.28. The number of hydrogen-bond acceptors (Lipinski definition) is 3. The van der Waals surface area contributed by atoms with Crippen molar-refractivity contribution in [1.82, 2.24) is 4.90 Å². The Hall–Kier alpha value is -3.15. The number of anilines is 1. The van der Waals surface area contributed by atoms with Crippen LogP contribution in [0, 0.1) is 6.92 Å². The summed E-state index contributed by atoms with van der Waals surface area (Å²) in [5.41, 5.74) is 8.90. The van der Waals surface area contributed by atoms with Gasteiger partial charge >= 0.3 is 0 Å². The smallest absolute Gasteiger partial charge is 0.261 e. The topological polar surface area (TPSA) is 87.8 Å². The van der Waals surface area contributed by atoms with Gasteiger partial charge in [0.2, 0.25) is 0 Å². The molecule has 134 valence electrons. The maximum atomic E-state index is 12.3. The van der Waals surface area contributed by atoms with E-state index >= 15 is 0 Å². The van der Waals surface area contributed by atoms with E-state index in [1.807, 2.05) is 31.2 Å². The van der Waals surface area contributed by atoms with Crippen LogP contribution < -0.4 is 11.1 Å². The largest absolute Gasteiger partial charge is 0.370 e. The molecule has 26 heavy (non-hydrogen) atoms. The van der Waals surface area contributed by atoms with Crippen molar-refractivity contribution in [3.8, 4) is 0 Å².